The van der Waals surface area contributed by atoms with Crippen LogP contribution in [0, 0.1) is 0 Å². The summed E-state index contributed by atoms with van der Waals surface area (Å²) >= 11 is 1.68. The number of rotatable bonds is 9. The quantitative estimate of drug-likeness (QED) is 0.667. The van der Waals surface area contributed by atoms with Gasteiger partial charge in [0.15, 0.2) is 11.5 Å². The van der Waals surface area contributed by atoms with Crippen LogP contribution in [0.2, 0.25) is 0 Å². The first kappa shape index (κ1) is 20.8. The standard InChI is InChI=1S/C20H26N2O4S/c1-22(2)15(18-7-6-10-27-18)13-21-19(23)9-8-14-11-16(24-3)20(26-5)17(12-14)25-4/h6-12,15H,13H2,1-5H3,(H,21,23)/b9-8+. The zero-order valence-corrected chi connectivity index (χ0v) is 17.1. The number of nitrogens with one attached hydrogen (secondary N) is 1. The van der Waals surface area contributed by atoms with Crippen LogP contribution in [0.25, 0.3) is 6.08 Å². The molecule has 2 rings (SSSR count). The average molecular weight is 391 g/mol. The van der Waals surface area contributed by atoms with Crippen LogP contribution in [0.4, 0.5) is 0 Å². The molecule has 27 heavy (non-hydrogen) atoms. The number of nitrogens with zero attached hydrogens (tertiary/aromatic N) is 1. The van der Waals surface area contributed by atoms with Gasteiger partial charge in [-0.3, -0.25) is 4.79 Å². The van der Waals surface area contributed by atoms with E-state index in [-0.39, 0.29) is 11.9 Å². The van der Waals surface area contributed by atoms with Crippen LogP contribution in [0.1, 0.15) is 16.5 Å². The number of hydrogen-bond acceptors (Lipinski definition) is 6. The molecule has 0 aliphatic carbocycles. The summed E-state index contributed by atoms with van der Waals surface area (Å²) in [6, 6.07) is 7.82. The zero-order chi connectivity index (χ0) is 19.8. The lowest BCUT2D eigenvalue weighted by Crippen LogP contribution is -2.33. The van der Waals surface area contributed by atoms with Gasteiger partial charge < -0.3 is 24.4 Å². The molecule has 146 valence electrons. The molecule has 1 aromatic heterocycles. The SMILES string of the molecule is COc1cc(/C=C/C(=O)NCC(c2cccs2)N(C)C)cc(OC)c1OC. The molecule has 0 saturated carbocycles. The molecule has 0 fully saturated rings. The van der Waals surface area contributed by atoms with Gasteiger partial charge in [-0.05, 0) is 49.3 Å². The summed E-state index contributed by atoms with van der Waals surface area (Å²) < 4.78 is 16.0. The van der Waals surface area contributed by atoms with Crippen LogP contribution in [0.3, 0.4) is 0 Å². The molecule has 0 radical (unpaired) electrons. The third-order valence-electron chi connectivity index (χ3n) is 4.08. The Hall–Kier alpha value is -2.51. The summed E-state index contributed by atoms with van der Waals surface area (Å²) in [7, 11) is 8.68. The first-order chi connectivity index (χ1) is 13.0. The van der Waals surface area contributed by atoms with E-state index in [1.165, 1.54) is 11.0 Å². The van der Waals surface area contributed by atoms with Crippen LogP contribution in [0.5, 0.6) is 17.2 Å². The third kappa shape index (κ3) is 5.48. The number of amides is 1. The molecule has 1 heterocycles. The highest BCUT2D eigenvalue weighted by atomic mass is 32.1. The highest BCUT2D eigenvalue weighted by Gasteiger charge is 2.16. The Morgan fingerprint density at radius 2 is 1.85 bits per heavy atom. The molecule has 1 amide bonds. The maximum atomic E-state index is 12.2. The Morgan fingerprint density at radius 1 is 1.19 bits per heavy atom. The summed E-state index contributed by atoms with van der Waals surface area (Å²) in [5.74, 6) is 1.45. The summed E-state index contributed by atoms with van der Waals surface area (Å²) in [5.41, 5.74) is 0.780. The molecular formula is C20H26N2O4S. The molecule has 1 atom stereocenters. The number of carbonyl (C=O) groups is 1. The van der Waals surface area contributed by atoms with Crippen LogP contribution in [-0.2, 0) is 4.79 Å². The van der Waals surface area contributed by atoms with Crippen molar-refractivity contribution in [2.75, 3.05) is 42.0 Å². The van der Waals surface area contributed by atoms with Crippen LogP contribution < -0.4 is 19.5 Å². The van der Waals surface area contributed by atoms with Crippen molar-refractivity contribution in [2.24, 2.45) is 0 Å². The smallest absolute Gasteiger partial charge is 0.244 e. The fourth-order valence-electron chi connectivity index (χ4n) is 2.64. The number of likely N-dealkylation sites (N-methyl/N-ethyl adjacent to an activating group) is 1. The minimum absolute atomic E-state index is 0.142. The number of thiophene rings is 1. The fraction of sp³-hybridized carbons (Fsp3) is 0.350. The van der Waals surface area contributed by atoms with Crippen molar-refractivity contribution in [1.82, 2.24) is 10.2 Å². The molecule has 1 unspecified atom stereocenters. The molecule has 7 heteroatoms. The second kappa shape index (κ2) is 9.99. The van der Waals surface area contributed by atoms with Crippen molar-refractivity contribution >= 4 is 23.3 Å². The van der Waals surface area contributed by atoms with E-state index in [1.54, 1.807) is 50.9 Å². The zero-order valence-electron chi connectivity index (χ0n) is 16.3. The molecule has 0 spiro atoms. The Bertz CT molecular complexity index is 747. The molecule has 0 aliphatic rings. The van der Waals surface area contributed by atoms with E-state index < -0.39 is 0 Å². The molecule has 0 bridgehead atoms. The Labute approximate surface area is 164 Å². The number of methoxy groups -OCH3 is 3. The Balaban J connectivity index is 2.06. The van der Waals surface area contributed by atoms with Gasteiger partial charge in [-0.15, -0.1) is 11.3 Å². The lowest BCUT2D eigenvalue weighted by molar-refractivity contribution is -0.116. The van der Waals surface area contributed by atoms with Gasteiger partial charge in [0.2, 0.25) is 11.7 Å². The van der Waals surface area contributed by atoms with E-state index in [9.17, 15) is 4.79 Å². The number of benzene rings is 1. The Morgan fingerprint density at radius 3 is 2.33 bits per heavy atom. The lowest BCUT2D eigenvalue weighted by Gasteiger charge is -2.23. The van der Waals surface area contributed by atoms with Gasteiger partial charge >= 0.3 is 0 Å². The second-order valence-corrected chi connectivity index (χ2v) is 7.01. The summed E-state index contributed by atoms with van der Waals surface area (Å²) in [6.07, 6.45) is 3.22. The van der Waals surface area contributed by atoms with Gasteiger partial charge in [0.1, 0.15) is 0 Å². The molecule has 0 saturated heterocycles. The molecule has 1 aromatic carbocycles. The normalized spacial score (nSPS) is 12.2. The number of ether oxygens (including phenoxy) is 3. The molecule has 0 aliphatic heterocycles. The van der Waals surface area contributed by atoms with E-state index in [1.807, 2.05) is 25.5 Å². The lowest BCUT2D eigenvalue weighted by atomic mass is 10.1. The van der Waals surface area contributed by atoms with Gasteiger partial charge in [-0.25, -0.2) is 0 Å². The average Bonchev–Trinajstić information content (AvgIpc) is 3.19. The number of carbonyl (C=O) groups excluding carboxylic acids is 1. The van der Waals surface area contributed by atoms with Crippen LogP contribution in [0.15, 0.2) is 35.7 Å². The van der Waals surface area contributed by atoms with Crippen molar-refractivity contribution < 1.29 is 19.0 Å². The van der Waals surface area contributed by atoms with Crippen LogP contribution >= 0.6 is 11.3 Å². The largest absolute Gasteiger partial charge is 0.493 e. The highest BCUT2D eigenvalue weighted by molar-refractivity contribution is 7.10. The van der Waals surface area contributed by atoms with E-state index in [0.717, 1.165) is 5.56 Å². The molecular weight excluding hydrogens is 364 g/mol. The van der Waals surface area contributed by atoms with Crippen molar-refractivity contribution in [3.63, 3.8) is 0 Å². The predicted molar refractivity (Wildman–Crippen MR) is 109 cm³/mol. The van der Waals surface area contributed by atoms with E-state index in [0.29, 0.717) is 23.8 Å². The maximum Gasteiger partial charge on any atom is 0.244 e. The topological polar surface area (TPSA) is 60.0 Å². The molecule has 1 N–H and O–H groups in total. The van der Waals surface area contributed by atoms with Gasteiger partial charge in [-0.2, -0.15) is 0 Å². The third-order valence-corrected chi connectivity index (χ3v) is 5.05. The summed E-state index contributed by atoms with van der Waals surface area (Å²) in [4.78, 5) is 15.6. The van der Waals surface area contributed by atoms with E-state index >= 15 is 0 Å². The first-order valence-electron chi connectivity index (χ1n) is 8.45. The molecule has 2 aromatic rings. The van der Waals surface area contributed by atoms with E-state index in [4.69, 9.17) is 14.2 Å². The van der Waals surface area contributed by atoms with Gasteiger partial charge in [0, 0.05) is 17.5 Å². The van der Waals surface area contributed by atoms with Crippen molar-refractivity contribution in [1.29, 1.82) is 0 Å². The van der Waals surface area contributed by atoms with Crippen molar-refractivity contribution in [3.8, 4) is 17.2 Å². The maximum absolute atomic E-state index is 12.2. The van der Waals surface area contributed by atoms with Crippen LogP contribution in [-0.4, -0.2) is 52.8 Å². The van der Waals surface area contributed by atoms with E-state index in [2.05, 4.69) is 16.3 Å². The van der Waals surface area contributed by atoms with Gasteiger partial charge in [-0.1, -0.05) is 6.07 Å². The van der Waals surface area contributed by atoms with Crippen molar-refractivity contribution in [2.45, 2.75) is 6.04 Å². The fourth-order valence-corrected chi connectivity index (χ4v) is 3.57. The van der Waals surface area contributed by atoms with Crippen molar-refractivity contribution in [3.05, 3.63) is 46.2 Å². The summed E-state index contributed by atoms with van der Waals surface area (Å²) in [5, 5.41) is 4.99. The highest BCUT2D eigenvalue weighted by Crippen LogP contribution is 2.38. The second-order valence-electron chi connectivity index (χ2n) is 6.03. The summed E-state index contributed by atoms with van der Waals surface area (Å²) in [6.45, 7) is 0.534. The van der Waals surface area contributed by atoms with Gasteiger partial charge in [0.05, 0.1) is 27.4 Å². The molecule has 6 nitrogen and oxygen atoms in total. The monoisotopic (exact) mass is 390 g/mol. The first-order valence-corrected chi connectivity index (χ1v) is 9.33. The number of hydrogen-bond donors (Lipinski definition) is 1. The minimum atomic E-state index is -0.160. The Kier molecular flexibility index (Phi) is 7.69. The minimum Gasteiger partial charge on any atom is -0.493 e. The predicted octanol–water partition coefficient (Wildman–Crippen LogP) is 3.21. The van der Waals surface area contributed by atoms with Gasteiger partial charge in [0.25, 0.3) is 0 Å².